The first kappa shape index (κ1) is 60.9. The Morgan fingerprint density at radius 3 is 1.11 bits per heavy atom. The molecule has 0 saturated carbocycles. The van der Waals surface area contributed by atoms with E-state index in [2.05, 4.69) is 166 Å². The maximum Gasteiger partial charge on any atom is 0.310 e. The number of carbonyl (C=O) groups is 2. The molecule has 6 rings (SSSR count). The van der Waals surface area contributed by atoms with E-state index in [4.69, 9.17) is 9.84 Å². The first-order valence-electron chi connectivity index (χ1n) is 28.4. The molecule has 0 bridgehead atoms. The minimum Gasteiger partial charge on any atom is -0.481 e. The first-order valence-corrected chi connectivity index (χ1v) is 28.4. The predicted octanol–water partition coefficient (Wildman–Crippen LogP) is 15.6. The minimum absolute atomic E-state index is 0.0169. The molecule has 2 heterocycles. The van der Waals surface area contributed by atoms with E-state index >= 15 is 0 Å². The van der Waals surface area contributed by atoms with E-state index < -0.39 is 17.2 Å². The average Bonchev–Trinajstić information content (AvgIpc) is 3.42. The standard InChI is InChI=1S/C35H47NO3.C33H43NO3/c1-8-34(38,9-2)20-19-28-14-15-29(21-25(28)6)35(10-3,11-4)30-16-17-31(26(7)22-30)32-18-13-27(24-36-32)23-33(37)39-12-5;1-7-32(37,8-2)18-17-26-12-13-27(19-23(26)5)33(9-3,10-4)28-14-15-29(24(6)20-28)30-16-11-25(22-34-30)21-31(35)36/h13-18,21-22,24,38H,8-12,19-20,23H2,1-7H3;11-16,19-20,22,37H,7-10,17-18,21H2,1-6H3,(H,35,36). The molecule has 0 aliphatic carbocycles. The van der Waals surface area contributed by atoms with Gasteiger partial charge in [0.1, 0.15) is 0 Å². The highest BCUT2D eigenvalue weighted by Gasteiger charge is 2.33. The molecule has 6 aromatic rings. The molecule has 0 aliphatic heterocycles. The fourth-order valence-electron chi connectivity index (χ4n) is 11.4. The number of carboxylic acid groups (broad SMARTS) is 1. The molecule has 8 nitrogen and oxygen atoms in total. The Kier molecular flexibility index (Phi) is 21.9. The zero-order valence-corrected chi connectivity index (χ0v) is 48.5. The SMILES string of the molecule is CCC(O)(CC)CCc1ccc(C(CC)(CC)c2ccc(-c3ccc(CC(=O)O)cn3)c(C)c2)cc1C.CCOC(=O)Cc1ccc(-c2ccc(C(CC)(CC)c3ccc(CCC(O)(CC)CC)c(C)c3)cc2C)nc1. The van der Waals surface area contributed by atoms with Gasteiger partial charge in [0.15, 0.2) is 0 Å². The number of rotatable bonds is 25. The average molecular weight is 1030 g/mol. The van der Waals surface area contributed by atoms with Gasteiger partial charge in [0.05, 0.1) is 42.0 Å². The van der Waals surface area contributed by atoms with Crippen LogP contribution in [0.2, 0.25) is 0 Å². The third kappa shape index (κ3) is 14.5. The number of carbonyl (C=O) groups excluding carboxylic acids is 1. The first-order chi connectivity index (χ1) is 36.3. The monoisotopic (exact) mass is 1030 g/mol. The number of esters is 1. The van der Waals surface area contributed by atoms with Crippen molar-refractivity contribution < 1.29 is 29.6 Å². The van der Waals surface area contributed by atoms with Gasteiger partial charge in [-0.3, -0.25) is 19.6 Å². The van der Waals surface area contributed by atoms with Crippen molar-refractivity contribution >= 4 is 11.9 Å². The molecular formula is C68H90N2O6. The molecule has 0 atom stereocenters. The van der Waals surface area contributed by atoms with Crippen LogP contribution in [0.4, 0.5) is 0 Å². The van der Waals surface area contributed by atoms with Crippen LogP contribution in [-0.2, 0) is 50.8 Å². The molecular weight excluding hydrogens is 941 g/mol. The lowest BCUT2D eigenvalue weighted by molar-refractivity contribution is -0.142. The van der Waals surface area contributed by atoms with Crippen molar-refractivity contribution in [2.75, 3.05) is 6.61 Å². The summed E-state index contributed by atoms with van der Waals surface area (Å²) in [6.07, 6.45) is 14.2. The predicted molar refractivity (Wildman–Crippen MR) is 313 cm³/mol. The normalized spacial score (nSPS) is 12.0. The fraction of sp³-hybridized carbons (Fsp3) is 0.471. The van der Waals surface area contributed by atoms with Gasteiger partial charge in [-0.2, -0.15) is 0 Å². The Morgan fingerprint density at radius 1 is 0.461 bits per heavy atom. The smallest absolute Gasteiger partial charge is 0.310 e. The highest BCUT2D eigenvalue weighted by Crippen LogP contribution is 2.43. The van der Waals surface area contributed by atoms with Crippen LogP contribution >= 0.6 is 0 Å². The van der Waals surface area contributed by atoms with Crippen LogP contribution in [0.1, 0.15) is 193 Å². The number of nitrogens with zero attached hydrogens (tertiary/aromatic N) is 2. The second kappa shape index (κ2) is 27.4. The van der Waals surface area contributed by atoms with Crippen LogP contribution in [0.5, 0.6) is 0 Å². The Morgan fingerprint density at radius 2 is 0.816 bits per heavy atom. The topological polar surface area (TPSA) is 130 Å². The number of carboxylic acids is 1. The van der Waals surface area contributed by atoms with Crippen LogP contribution in [0.25, 0.3) is 22.5 Å². The van der Waals surface area contributed by atoms with E-state index in [-0.39, 0.29) is 29.6 Å². The molecule has 0 saturated heterocycles. The molecule has 0 aliphatic rings. The van der Waals surface area contributed by atoms with Gasteiger partial charge in [-0.05, 0) is 191 Å². The van der Waals surface area contributed by atoms with E-state index in [1.54, 1.807) is 12.4 Å². The summed E-state index contributed by atoms with van der Waals surface area (Å²) in [5.74, 6) is -1.08. The van der Waals surface area contributed by atoms with Crippen molar-refractivity contribution in [2.24, 2.45) is 0 Å². The summed E-state index contributed by atoms with van der Waals surface area (Å²) in [6, 6.07) is 35.0. The van der Waals surface area contributed by atoms with Gasteiger partial charge in [-0.25, -0.2) is 0 Å². The number of pyridine rings is 2. The third-order valence-electron chi connectivity index (χ3n) is 17.3. The van der Waals surface area contributed by atoms with Crippen LogP contribution < -0.4 is 0 Å². The van der Waals surface area contributed by atoms with Crippen LogP contribution in [0, 0.1) is 27.7 Å². The number of hydrogen-bond acceptors (Lipinski definition) is 7. The molecule has 3 N–H and O–H groups in total. The molecule has 0 amide bonds. The number of ether oxygens (including phenoxy) is 1. The summed E-state index contributed by atoms with van der Waals surface area (Å²) in [7, 11) is 0. The summed E-state index contributed by atoms with van der Waals surface area (Å²) in [5, 5.41) is 30.5. The van der Waals surface area contributed by atoms with E-state index in [1.807, 2.05) is 31.2 Å². The van der Waals surface area contributed by atoms with Crippen LogP contribution in [0.3, 0.4) is 0 Å². The lowest BCUT2D eigenvalue weighted by Gasteiger charge is -2.34. The Labute approximate surface area is 456 Å². The summed E-state index contributed by atoms with van der Waals surface area (Å²) in [5.41, 5.74) is 17.1. The second-order valence-corrected chi connectivity index (χ2v) is 21.4. The Balaban J connectivity index is 0.000000281. The van der Waals surface area contributed by atoms with Gasteiger partial charge < -0.3 is 20.1 Å². The Hall–Kier alpha value is -5.96. The summed E-state index contributed by atoms with van der Waals surface area (Å²) < 4.78 is 5.05. The number of aliphatic hydroxyl groups is 2. The summed E-state index contributed by atoms with van der Waals surface area (Å²) >= 11 is 0. The van der Waals surface area contributed by atoms with E-state index in [0.29, 0.717) is 12.2 Å². The number of benzene rings is 4. The number of aromatic nitrogens is 2. The summed E-state index contributed by atoms with van der Waals surface area (Å²) in [4.78, 5) is 32.0. The van der Waals surface area contributed by atoms with Gasteiger partial charge in [0.2, 0.25) is 0 Å². The lowest BCUT2D eigenvalue weighted by atomic mass is 9.69. The van der Waals surface area contributed by atoms with E-state index in [9.17, 15) is 19.8 Å². The van der Waals surface area contributed by atoms with Crippen molar-refractivity contribution in [3.63, 3.8) is 0 Å². The maximum atomic E-state index is 11.8. The van der Waals surface area contributed by atoms with Crippen molar-refractivity contribution in [1.29, 1.82) is 0 Å². The molecule has 8 heteroatoms. The largest absolute Gasteiger partial charge is 0.481 e. The van der Waals surface area contributed by atoms with Crippen molar-refractivity contribution in [1.82, 2.24) is 9.97 Å². The quantitative estimate of drug-likeness (QED) is 0.0484. The van der Waals surface area contributed by atoms with Crippen molar-refractivity contribution in [3.05, 3.63) is 176 Å². The molecule has 0 radical (unpaired) electrons. The highest BCUT2D eigenvalue weighted by atomic mass is 16.5. The molecule has 0 fully saturated rings. The van der Waals surface area contributed by atoms with Crippen LogP contribution in [0.15, 0.2) is 109 Å². The molecule has 0 unspecified atom stereocenters. The minimum atomic E-state index is -0.850. The zero-order valence-electron chi connectivity index (χ0n) is 48.5. The van der Waals surface area contributed by atoms with Gasteiger partial charge in [0.25, 0.3) is 0 Å². The van der Waals surface area contributed by atoms with Crippen molar-refractivity contribution in [3.8, 4) is 22.5 Å². The zero-order chi connectivity index (χ0) is 55.8. The number of hydrogen-bond donors (Lipinski definition) is 3. The lowest BCUT2D eigenvalue weighted by Crippen LogP contribution is -2.28. The fourth-order valence-corrected chi connectivity index (χ4v) is 11.4. The highest BCUT2D eigenvalue weighted by molar-refractivity contribution is 5.73. The Bertz CT molecular complexity index is 2830. The van der Waals surface area contributed by atoms with Gasteiger partial charge in [-0.15, -0.1) is 0 Å². The molecule has 2 aromatic heterocycles. The van der Waals surface area contributed by atoms with Crippen LogP contribution in [-0.4, -0.2) is 55.0 Å². The van der Waals surface area contributed by atoms with Gasteiger partial charge >= 0.3 is 11.9 Å². The second-order valence-electron chi connectivity index (χ2n) is 21.4. The summed E-state index contributed by atoms with van der Waals surface area (Å²) in [6.45, 7) is 28.2. The van der Waals surface area contributed by atoms with Gasteiger partial charge in [-0.1, -0.05) is 140 Å². The molecule has 76 heavy (non-hydrogen) atoms. The van der Waals surface area contributed by atoms with E-state index in [1.165, 1.54) is 50.1 Å². The number of aliphatic carboxylic acids is 1. The molecule has 408 valence electrons. The van der Waals surface area contributed by atoms with E-state index in [0.717, 1.165) is 111 Å². The van der Waals surface area contributed by atoms with Crippen molar-refractivity contribution in [2.45, 2.75) is 202 Å². The third-order valence-corrected chi connectivity index (χ3v) is 17.3. The van der Waals surface area contributed by atoms with Gasteiger partial charge in [0, 0.05) is 34.4 Å². The molecule has 0 spiro atoms. The number of aryl methyl sites for hydroxylation is 6. The maximum absolute atomic E-state index is 11.8. The molecule has 4 aromatic carbocycles.